The van der Waals surface area contributed by atoms with Gasteiger partial charge in [0.25, 0.3) is 0 Å². The van der Waals surface area contributed by atoms with E-state index in [4.69, 9.17) is 15.0 Å². The maximum absolute atomic E-state index is 5.02. The number of allylic oxidation sites excluding steroid dienone is 1. The summed E-state index contributed by atoms with van der Waals surface area (Å²) in [6, 6.07) is 75.9. The molecule has 0 bridgehead atoms. The van der Waals surface area contributed by atoms with Crippen molar-refractivity contribution in [3.63, 3.8) is 0 Å². The summed E-state index contributed by atoms with van der Waals surface area (Å²) in [4.78, 5) is 15.0. The summed E-state index contributed by atoms with van der Waals surface area (Å²) in [5, 5.41) is 7.50. The first-order valence-electron chi connectivity index (χ1n) is 23.7. The van der Waals surface area contributed by atoms with Crippen LogP contribution in [0.25, 0.3) is 123 Å². The van der Waals surface area contributed by atoms with Crippen molar-refractivity contribution in [1.29, 1.82) is 0 Å². The van der Waals surface area contributed by atoms with E-state index in [0.29, 0.717) is 17.5 Å². The molecule has 0 unspecified atom stereocenters. The van der Waals surface area contributed by atoms with Crippen molar-refractivity contribution in [3.05, 3.63) is 236 Å². The van der Waals surface area contributed by atoms with E-state index in [2.05, 4.69) is 184 Å². The molecular formula is C63H42N6. The van der Waals surface area contributed by atoms with Crippen LogP contribution in [0.3, 0.4) is 0 Å². The van der Waals surface area contributed by atoms with Crippen LogP contribution in [0.1, 0.15) is 17.7 Å². The van der Waals surface area contributed by atoms with Crippen LogP contribution in [0.15, 0.2) is 225 Å². The highest BCUT2D eigenvalue weighted by Gasteiger charge is 2.22. The van der Waals surface area contributed by atoms with Gasteiger partial charge in [0, 0.05) is 72.8 Å². The lowest BCUT2D eigenvalue weighted by Crippen LogP contribution is -2.04. The van der Waals surface area contributed by atoms with Crippen LogP contribution < -0.4 is 0 Å². The smallest absolute Gasteiger partial charge is 0.164 e. The Morgan fingerprint density at radius 2 is 0.957 bits per heavy atom. The van der Waals surface area contributed by atoms with E-state index in [0.717, 1.165) is 46.6 Å². The van der Waals surface area contributed by atoms with Crippen LogP contribution in [0, 0.1) is 0 Å². The van der Waals surface area contributed by atoms with Crippen molar-refractivity contribution in [2.45, 2.75) is 12.8 Å². The molecule has 69 heavy (non-hydrogen) atoms. The van der Waals surface area contributed by atoms with E-state index < -0.39 is 0 Å². The highest BCUT2D eigenvalue weighted by Crippen LogP contribution is 2.43. The summed E-state index contributed by atoms with van der Waals surface area (Å²) in [6.45, 7) is 0. The Kier molecular flexibility index (Phi) is 8.92. The molecule has 13 aromatic rings. The maximum Gasteiger partial charge on any atom is 0.164 e. The average Bonchev–Trinajstić information content (AvgIpc) is 4.12. The van der Waals surface area contributed by atoms with Gasteiger partial charge in [-0.2, -0.15) is 0 Å². The van der Waals surface area contributed by atoms with Crippen molar-refractivity contribution in [1.82, 2.24) is 28.7 Å². The average molecular weight is 883 g/mol. The molecule has 0 radical (unpaired) electrons. The lowest BCUT2D eigenvalue weighted by atomic mass is 10.0. The minimum absolute atomic E-state index is 0.643. The molecule has 0 atom stereocenters. The summed E-state index contributed by atoms with van der Waals surface area (Å²) in [7, 11) is 0. The molecule has 0 spiro atoms. The van der Waals surface area contributed by atoms with E-state index in [1.54, 1.807) is 0 Å². The zero-order chi connectivity index (χ0) is 45.4. The van der Waals surface area contributed by atoms with Gasteiger partial charge in [0.05, 0.1) is 22.1 Å². The van der Waals surface area contributed by atoms with Crippen molar-refractivity contribution in [2.75, 3.05) is 0 Å². The minimum atomic E-state index is 0.643. The van der Waals surface area contributed by atoms with E-state index in [-0.39, 0.29) is 0 Å². The number of fused-ring (bicyclic) bond motifs is 10. The van der Waals surface area contributed by atoms with Gasteiger partial charge in [-0.3, -0.25) is 0 Å². The molecule has 9 aromatic carbocycles. The van der Waals surface area contributed by atoms with Gasteiger partial charge in [-0.1, -0.05) is 152 Å². The summed E-state index contributed by atoms with van der Waals surface area (Å²) in [5.41, 5.74) is 16.0. The van der Waals surface area contributed by atoms with Gasteiger partial charge in [-0.15, -0.1) is 0 Å². The predicted molar refractivity (Wildman–Crippen MR) is 284 cm³/mol. The van der Waals surface area contributed by atoms with E-state index >= 15 is 0 Å². The maximum atomic E-state index is 5.02. The molecule has 4 heterocycles. The predicted octanol–water partition coefficient (Wildman–Crippen LogP) is 15.6. The standard InChI is InChI=1S/C63H42N6/c1-4-15-41(16-5-1)46-22-14-23-49(39-46)69-56-34-29-42-17-10-11-24-50(42)59(56)60-53-37-38-67(54(53)35-36-57(60)69)48-32-33-52-51-25-12-13-26-55(51)68(58(52)40-48)47-30-27-45(28-31-47)63-65-61(43-18-6-2-7-19-43)64-62(66-63)44-20-8-3-9-21-44/h1-12,14-25,27-40H,13,26H2. The molecule has 1 aliphatic carbocycles. The Hall–Kier alpha value is -9.13. The third-order valence-corrected chi connectivity index (χ3v) is 14.0. The third kappa shape index (κ3) is 6.37. The van der Waals surface area contributed by atoms with Gasteiger partial charge in [0.1, 0.15) is 0 Å². The molecule has 1 aliphatic rings. The van der Waals surface area contributed by atoms with Gasteiger partial charge < -0.3 is 13.7 Å². The molecule has 324 valence electrons. The fourth-order valence-corrected chi connectivity index (χ4v) is 10.8. The Morgan fingerprint density at radius 3 is 1.68 bits per heavy atom. The first-order chi connectivity index (χ1) is 34.2. The summed E-state index contributed by atoms with van der Waals surface area (Å²) in [6.07, 6.45) is 8.83. The molecule has 0 saturated heterocycles. The normalized spacial score (nSPS) is 12.5. The quantitative estimate of drug-likeness (QED) is 0.160. The molecule has 6 nitrogen and oxygen atoms in total. The second kappa shape index (κ2) is 15.8. The molecule has 0 N–H and O–H groups in total. The van der Waals surface area contributed by atoms with Crippen LogP contribution in [0.2, 0.25) is 0 Å². The van der Waals surface area contributed by atoms with Gasteiger partial charge in [0.2, 0.25) is 0 Å². The minimum Gasteiger partial charge on any atom is -0.316 e. The molecule has 0 aliphatic heterocycles. The van der Waals surface area contributed by atoms with Crippen molar-refractivity contribution < 1.29 is 0 Å². The zero-order valence-corrected chi connectivity index (χ0v) is 37.5. The third-order valence-electron chi connectivity index (χ3n) is 14.0. The number of hydrogen-bond donors (Lipinski definition) is 0. The van der Waals surface area contributed by atoms with Crippen LogP contribution in [-0.4, -0.2) is 28.7 Å². The van der Waals surface area contributed by atoms with Crippen LogP contribution in [0.4, 0.5) is 0 Å². The Morgan fingerprint density at radius 1 is 0.362 bits per heavy atom. The topological polar surface area (TPSA) is 53.5 Å². The highest BCUT2D eigenvalue weighted by molar-refractivity contribution is 6.28. The van der Waals surface area contributed by atoms with Gasteiger partial charge in [-0.25, -0.2) is 15.0 Å². The molecule has 14 rings (SSSR count). The number of benzene rings is 9. The molecule has 0 saturated carbocycles. The molecule has 0 amide bonds. The summed E-state index contributed by atoms with van der Waals surface area (Å²) < 4.78 is 7.28. The Labute approximate surface area is 398 Å². The van der Waals surface area contributed by atoms with Crippen molar-refractivity contribution in [3.8, 4) is 62.4 Å². The largest absolute Gasteiger partial charge is 0.316 e. The number of nitrogens with zero attached hydrogens (tertiary/aromatic N) is 6. The lowest BCUT2D eigenvalue weighted by Gasteiger charge is -2.14. The zero-order valence-electron chi connectivity index (χ0n) is 37.5. The molecule has 0 fully saturated rings. The number of aromatic nitrogens is 6. The SMILES string of the molecule is C1=Cc2c(n(-c3ccc(-c4nc(-c5ccccc5)nc(-c5ccccc5)n4)cc3)c3cc(-n4ccc5c6c7c8ccccc8ccc7n(-c7cccc(-c8ccccc8)c7)c6ccc54)ccc23)CC1. The first kappa shape index (κ1) is 39.1. The Bertz CT molecular complexity index is 4100. The van der Waals surface area contributed by atoms with Crippen LogP contribution >= 0.6 is 0 Å². The van der Waals surface area contributed by atoms with Gasteiger partial charge in [-0.05, 0) is 108 Å². The van der Waals surface area contributed by atoms with E-state index in [1.165, 1.54) is 76.8 Å². The summed E-state index contributed by atoms with van der Waals surface area (Å²) >= 11 is 0. The van der Waals surface area contributed by atoms with Crippen LogP contribution in [0.5, 0.6) is 0 Å². The second-order valence-corrected chi connectivity index (χ2v) is 17.9. The molecular weight excluding hydrogens is 841 g/mol. The lowest BCUT2D eigenvalue weighted by molar-refractivity contribution is 0.888. The second-order valence-electron chi connectivity index (χ2n) is 17.9. The molecule has 6 heteroatoms. The van der Waals surface area contributed by atoms with E-state index in [9.17, 15) is 0 Å². The van der Waals surface area contributed by atoms with Gasteiger partial charge >= 0.3 is 0 Å². The Balaban J connectivity index is 0.911. The fraction of sp³-hybridized carbons (Fsp3) is 0.0317. The number of hydrogen-bond acceptors (Lipinski definition) is 3. The van der Waals surface area contributed by atoms with Gasteiger partial charge in [0.15, 0.2) is 17.5 Å². The highest BCUT2D eigenvalue weighted by atomic mass is 15.0. The fourth-order valence-electron chi connectivity index (χ4n) is 10.8. The number of rotatable bonds is 7. The summed E-state index contributed by atoms with van der Waals surface area (Å²) in [5.74, 6) is 1.95. The first-order valence-corrected chi connectivity index (χ1v) is 23.7. The molecule has 4 aromatic heterocycles. The van der Waals surface area contributed by atoms with Crippen molar-refractivity contribution >= 4 is 60.5 Å². The van der Waals surface area contributed by atoms with Crippen molar-refractivity contribution in [2.24, 2.45) is 0 Å². The van der Waals surface area contributed by atoms with Crippen LogP contribution in [-0.2, 0) is 6.42 Å². The monoisotopic (exact) mass is 882 g/mol. The van der Waals surface area contributed by atoms with E-state index in [1.807, 2.05) is 60.7 Å².